The summed E-state index contributed by atoms with van der Waals surface area (Å²) in [5.74, 6) is -2.02. The first-order valence-corrected chi connectivity index (χ1v) is 4.10. The van der Waals surface area contributed by atoms with Gasteiger partial charge >= 0.3 is 0 Å². The van der Waals surface area contributed by atoms with E-state index in [9.17, 15) is 13.2 Å². The van der Waals surface area contributed by atoms with Gasteiger partial charge in [0.15, 0.2) is 11.6 Å². The summed E-state index contributed by atoms with van der Waals surface area (Å²) < 4.78 is 37.8. The van der Waals surface area contributed by atoms with E-state index < -0.39 is 17.8 Å². The fourth-order valence-corrected chi connectivity index (χ4v) is 1.26. The largest absolute Gasteiger partial charge is 0.243 e. The van der Waals surface area contributed by atoms with Crippen molar-refractivity contribution in [2.75, 3.05) is 0 Å². The molecule has 0 aliphatic rings. The second-order valence-electron chi connectivity index (χ2n) is 2.41. The highest BCUT2D eigenvalue weighted by Crippen LogP contribution is 2.25. The molecule has 0 aliphatic heterocycles. The van der Waals surface area contributed by atoms with Crippen molar-refractivity contribution in [1.29, 1.82) is 0 Å². The molecule has 12 heavy (non-hydrogen) atoms. The summed E-state index contributed by atoms with van der Waals surface area (Å²) in [6.45, 7) is 1.26. The van der Waals surface area contributed by atoms with Gasteiger partial charge in [0.1, 0.15) is 6.17 Å². The lowest BCUT2D eigenvalue weighted by atomic mass is 10.1. The second-order valence-corrected chi connectivity index (χ2v) is 3.27. The number of hydrogen-bond donors (Lipinski definition) is 0. The maximum Gasteiger partial charge on any atom is 0.172 e. The lowest BCUT2D eigenvalue weighted by Gasteiger charge is -2.03. The standard InChI is InChI=1S/C8H6BrF3/c1-4(10)5-2-6(9)8(12)7(11)3-5/h2-4H,1H3. The van der Waals surface area contributed by atoms with Crippen LogP contribution in [0.15, 0.2) is 16.6 Å². The summed E-state index contributed by atoms with van der Waals surface area (Å²) in [6.07, 6.45) is -1.30. The van der Waals surface area contributed by atoms with Gasteiger partial charge in [-0.05, 0) is 40.5 Å². The number of rotatable bonds is 1. The molecule has 0 heterocycles. The van der Waals surface area contributed by atoms with Crippen molar-refractivity contribution >= 4 is 15.9 Å². The Morgan fingerprint density at radius 2 is 1.92 bits per heavy atom. The van der Waals surface area contributed by atoms with Crippen LogP contribution in [0.2, 0.25) is 0 Å². The molecule has 1 aromatic carbocycles. The van der Waals surface area contributed by atoms with Gasteiger partial charge in [0.05, 0.1) is 4.47 Å². The Bertz CT molecular complexity index is 273. The summed E-state index contributed by atoms with van der Waals surface area (Å²) in [4.78, 5) is 0. The van der Waals surface area contributed by atoms with Crippen molar-refractivity contribution < 1.29 is 13.2 Å². The van der Waals surface area contributed by atoms with E-state index in [0.717, 1.165) is 6.07 Å². The van der Waals surface area contributed by atoms with Crippen LogP contribution in [-0.2, 0) is 0 Å². The van der Waals surface area contributed by atoms with E-state index in [-0.39, 0.29) is 10.0 Å². The monoisotopic (exact) mass is 238 g/mol. The first kappa shape index (κ1) is 9.58. The molecule has 4 heteroatoms. The molecule has 0 radical (unpaired) electrons. The van der Waals surface area contributed by atoms with Gasteiger partial charge in [-0.25, -0.2) is 13.2 Å². The molecule has 66 valence electrons. The molecule has 0 amide bonds. The molecule has 0 nitrogen and oxygen atoms in total. The smallest absolute Gasteiger partial charge is 0.172 e. The van der Waals surface area contributed by atoms with Crippen molar-refractivity contribution in [3.63, 3.8) is 0 Å². The van der Waals surface area contributed by atoms with E-state index in [1.165, 1.54) is 13.0 Å². The van der Waals surface area contributed by atoms with Crippen molar-refractivity contribution in [2.45, 2.75) is 13.1 Å². The van der Waals surface area contributed by atoms with Crippen LogP contribution in [0.4, 0.5) is 13.2 Å². The summed E-state index contributed by atoms with van der Waals surface area (Å²) in [6, 6.07) is 2.08. The van der Waals surface area contributed by atoms with Crippen LogP contribution in [-0.4, -0.2) is 0 Å². The van der Waals surface area contributed by atoms with E-state index >= 15 is 0 Å². The van der Waals surface area contributed by atoms with Gasteiger partial charge in [0, 0.05) is 0 Å². The number of benzene rings is 1. The average Bonchev–Trinajstić information content (AvgIpc) is 1.99. The lowest BCUT2D eigenvalue weighted by molar-refractivity contribution is 0.371. The quantitative estimate of drug-likeness (QED) is 0.654. The summed E-state index contributed by atoms with van der Waals surface area (Å²) >= 11 is 2.78. The maximum absolute atomic E-state index is 12.6. The van der Waals surface area contributed by atoms with E-state index in [1.807, 2.05) is 0 Å². The van der Waals surface area contributed by atoms with Crippen LogP contribution in [0.1, 0.15) is 18.7 Å². The van der Waals surface area contributed by atoms with Crippen LogP contribution in [0.5, 0.6) is 0 Å². The molecule has 1 unspecified atom stereocenters. The minimum Gasteiger partial charge on any atom is -0.243 e. The van der Waals surface area contributed by atoms with Crippen molar-refractivity contribution in [3.8, 4) is 0 Å². The zero-order chi connectivity index (χ0) is 9.30. The van der Waals surface area contributed by atoms with Gasteiger partial charge in [-0.3, -0.25) is 0 Å². The van der Waals surface area contributed by atoms with E-state index in [2.05, 4.69) is 15.9 Å². The molecule has 1 atom stereocenters. The molecule has 0 saturated heterocycles. The van der Waals surface area contributed by atoms with Crippen LogP contribution >= 0.6 is 15.9 Å². The van der Waals surface area contributed by atoms with E-state index in [1.54, 1.807) is 0 Å². The molecule has 0 spiro atoms. The van der Waals surface area contributed by atoms with Crippen molar-refractivity contribution in [1.82, 2.24) is 0 Å². The Hall–Kier alpha value is -0.510. The van der Waals surface area contributed by atoms with Gasteiger partial charge < -0.3 is 0 Å². The zero-order valence-corrected chi connectivity index (χ0v) is 7.83. The Kier molecular flexibility index (Phi) is 2.77. The number of alkyl halides is 1. The Balaban J connectivity index is 3.21. The van der Waals surface area contributed by atoms with Gasteiger partial charge in [-0.15, -0.1) is 0 Å². The summed E-state index contributed by atoms with van der Waals surface area (Å²) in [7, 11) is 0. The molecular formula is C8H6BrF3. The Morgan fingerprint density at radius 1 is 1.33 bits per heavy atom. The normalized spacial score (nSPS) is 13.1. The average molecular weight is 239 g/mol. The fourth-order valence-electron chi connectivity index (χ4n) is 0.805. The van der Waals surface area contributed by atoms with Crippen LogP contribution < -0.4 is 0 Å². The van der Waals surface area contributed by atoms with Crippen molar-refractivity contribution in [2.24, 2.45) is 0 Å². The molecular weight excluding hydrogens is 233 g/mol. The Morgan fingerprint density at radius 3 is 2.33 bits per heavy atom. The first-order chi connectivity index (χ1) is 5.52. The topological polar surface area (TPSA) is 0 Å². The lowest BCUT2D eigenvalue weighted by Crippen LogP contribution is -1.92. The predicted molar refractivity (Wildman–Crippen MR) is 43.6 cm³/mol. The highest BCUT2D eigenvalue weighted by atomic mass is 79.9. The minimum absolute atomic E-state index is 0.0537. The van der Waals surface area contributed by atoms with E-state index in [0.29, 0.717) is 0 Å². The fraction of sp³-hybridized carbons (Fsp3) is 0.250. The molecule has 0 aliphatic carbocycles. The van der Waals surface area contributed by atoms with Gasteiger partial charge in [-0.2, -0.15) is 0 Å². The van der Waals surface area contributed by atoms with Gasteiger partial charge in [0.2, 0.25) is 0 Å². The predicted octanol–water partition coefficient (Wildman–Crippen LogP) is 3.76. The zero-order valence-electron chi connectivity index (χ0n) is 6.24. The second kappa shape index (κ2) is 3.47. The van der Waals surface area contributed by atoms with Crippen LogP contribution in [0.25, 0.3) is 0 Å². The van der Waals surface area contributed by atoms with Gasteiger partial charge in [-0.1, -0.05) is 0 Å². The maximum atomic E-state index is 12.6. The number of halogens is 4. The third-order valence-corrected chi connectivity index (χ3v) is 2.04. The molecule has 0 bridgehead atoms. The summed E-state index contributed by atoms with van der Waals surface area (Å²) in [5, 5.41) is 0. The summed E-state index contributed by atoms with van der Waals surface area (Å²) in [5.41, 5.74) is 0.126. The molecule has 0 aromatic heterocycles. The minimum atomic E-state index is -1.30. The molecule has 1 rings (SSSR count). The van der Waals surface area contributed by atoms with Crippen LogP contribution in [0.3, 0.4) is 0 Å². The molecule has 0 fully saturated rings. The highest BCUT2D eigenvalue weighted by Gasteiger charge is 2.11. The van der Waals surface area contributed by atoms with Gasteiger partial charge in [0.25, 0.3) is 0 Å². The van der Waals surface area contributed by atoms with Crippen molar-refractivity contribution in [3.05, 3.63) is 33.8 Å². The Labute approximate surface area is 76.5 Å². The molecule has 1 aromatic rings. The third-order valence-electron chi connectivity index (χ3n) is 1.47. The SMILES string of the molecule is CC(F)c1cc(F)c(F)c(Br)c1. The van der Waals surface area contributed by atoms with Crippen LogP contribution in [0, 0.1) is 11.6 Å². The first-order valence-electron chi connectivity index (χ1n) is 3.31. The highest BCUT2D eigenvalue weighted by molar-refractivity contribution is 9.10. The molecule has 0 saturated carbocycles. The third kappa shape index (κ3) is 1.80. The molecule has 0 N–H and O–H groups in total. The van der Waals surface area contributed by atoms with E-state index in [4.69, 9.17) is 0 Å². The number of hydrogen-bond acceptors (Lipinski definition) is 0.